The van der Waals surface area contributed by atoms with Crippen LogP contribution < -0.4 is 0 Å². The molecule has 0 spiro atoms. The smallest absolute Gasteiger partial charge is 0.349 e. The van der Waals surface area contributed by atoms with Crippen LogP contribution in [-0.4, -0.2) is 62.2 Å². The first-order valence-corrected chi connectivity index (χ1v) is 3.88. The zero-order valence-corrected chi connectivity index (χ0v) is 8.96. The molecular weight excluding hydrogens is 212 g/mol. The van der Waals surface area contributed by atoms with Crippen molar-refractivity contribution in [2.75, 3.05) is 28.4 Å². The van der Waals surface area contributed by atoms with Crippen LogP contribution in [0.3, 0.4) is 0 Å². The summed E-state index contributed by atoms with van der Waals surface area (Å²) in [7, 11) is 4.77. The fraction of sp³-hybridized carbons (Fsp3) is 1.00. The lowest BCUT2D eigenvalue weighted by atomic mass is 10.5. The molecule has 92 valence electrons. The SMILES string of the molecule is COC(OC)C(OC)(OC)OC(O)(O)O. The van der Waals surface area contributed by atoms with Crippen molar-refractivity contribution >= 4 is 0 Å². The van der Waals surface area contributed by atoms with E-state index in [1.807, 2.05) is 0 Å². The predicted molar refractivity (Wildman–Crippen MR) is 45.0 cm³/mol. The lowest BCUT2D eigenvalue weighted by Gasteiger charge is -2.36. The number of hydrogen-bond acceptors (Lipinski definition) is 8. The molecule has 0 heterocycles. The Bertz CT molecular complexity index is 168. The molecule has 0 rings (SSSR count). The summed E-state index contributed by atoms with van der Waals surface area (Å²) in [5.74, 6) is -2.11. The van der Waals surface area contributed by atoms with Crippen molar-refractivity contribution in [3.63, 3.8) is 0 Å². The first-order valence-electron chi connectivity index (χ1n) is 3.88. The first-order chi connectivity index (χ1) is 6.85. The first kappa shape index (κ1) is 14.7. The molecule has 0 saturated carbocycles. The molecule has 15 heavy (non-hydrogen) atoms. The third kappa shape index (κ3) is 3.97. The van der Waals surface area contributed by atoms with Crippen molar-refractivity contribution in [3.8, 4) is 0 Å². The van der Waals surface area contributed by atoms with Gasteiger partial charge in [-0.15, -0.1) is 0 Å². The molecule has 0 saturated heterocycles. The largest absolute Gasteiger partial charge is 0.409 e. The number of ether oxygens (including phenoxy) is 5. The summed E-state index contributed by atoms with van der Waals surface area (Å²) in [5.41, 5.74) is 0. The van der Waals surface area contributed by atoms with Gasteiger partial charge in [0.1, 0.15) is 0 Å². The summed E-state index contributed by atoms with van der Waals surface area (Å²) < 4.78 is 23.3. The van der Waals surface area contributed by atoms with Gasteiger partial charge < -0.3 is 34.3 Å². The van der Waals surface area contributed by atoms with E-state index >= 15 is 0 Å². The second kappa shape index (κ2) is 5.68. The van der Waals surface area contributed by atoms with Crippen LogP contribution in [0, 0.1) is 0 Å². The second-order valence-electron chi connectivity index (χ2n) is 2.49. The highest BCUT2D eigenvalue weighted by atomic mass is 17.0. The van der Waals surface area contributed by atoms with E-state index in [1.165, 1.54) is 14.2 Å². The van der Waals surface area contributed by atoms with E-state index in [1.54, 1.807) is 0 Å². The van der Waals surface area contributed by atoms with Gasteiger partial charge in [-0.25, -0.2) is 4.74 Å². The van der Waals surface area contributed by atoms with Crippen LogP contribution in [0.5, 0.6) is 0 Å². The van der Waals surface area contributed by atoms with Gasteiger partial charge in [-0.2, -0.15) is 0 Å². The normalized spacial score (nSPS) is 13.6. The zero-order valence-electron chi connectivity index (χ0n) is 8.96. The van der Waals surface area contributed by atoms with E-state index in [2.05, 4.69) is 4.74 Å². The Morgan fingerprint density at radius 2 is 1.27 bits per heavy atom. The van der Waals surface area contributed by atoms with Gasteiger partial charge in [-0.3, -0.25) is 0 Å². The highest BCUT2D eigenvalue weighted by Gasteiger charge is 2.48. The molecule has 0 aliphatic carbocycles. The van der Waals surface area contributed by atoms with E-state index in [9.17, 15) is 0 Å². The maximum absolute atomic E-state index is 8.67. The molecule has 0 aromatic rings. The van der Waals surface area contributed by atoms with Crippen LogP contribution in [0.2, 0.25) is 0 Å². The third-order valence-corrected chi connectivity index (χ3v) is 1.57. The average Bonchev–Trinajstić information content (AvgIpc) is 2.16. The van der Waals surface area contributed by atoms with Crippen molar-refractivity contribution in [2.45, 2.75) is 18.4 Å². The van der Waals surface area contributed by atoms with Crippen LogP contribution in [-0.2, 0) is 23.7 Å². The molecule has 0 unspecified atom stereocenters. The molecule has 0 aromatic heterocycles. The maximum Gasteiger partial charge on any atom is 0.409 e. The van der Waals surface area contributed by atoms with Gasteiger partial charge in [0.05, 0.1) is 0 Å². The molecule has 3 N–H and O–H groups in total. The monoisotopic (exact) mass is 228 g/mol. The quantitative estimate of drug-likeness (QED) is 0.436. The Hall–Kier alpha value is -0.320. The van der Waals surface area contributed by atoms with Crippen molar-refractivity contribution < 1.29 is 39.0 Å². The molecule has 0 aromatic carbocycles. The van der Waals surface area contributed by atoms with Gasteiger partial charge >= 0.3 is 12.1 Å². The molecule has 8 heteroatoms. The van der Waals surface area contributed by atoms with Crippen molar-refractivity contribution in [1.29, 1.82) is 0 Å². The van der Waals surface area contributed by atoms with Crippen molar-refractivity contribution in [3.05, 3.63) is 0 Å². The van der Waals surface area contributed by atoms with Gasteiger partial charge in [0, 0.05) is 28.4 Å². The Kier molecular flexibility index (Phi) is 5.56. The molecule has 0 atom stereocenters. The Morgan fingerprint density at radius 3 is 1.47 bits per heavy atom. The van der Waals surface area contributed by atoms with E-state index in [0.29, 0.717) is 0 Å². The van der Waals surface area contributed by atoms with E-state index in [4.69, 9.17) is 34.3 Å². The molecule has 8 nitrogen and oxygen atoms in total. The zero-order chi connectivity index (χ0) is 12.1. The van der Waals surface area contributed by atoms with Crippen molar-refractivity contribution in [2.24, 2.45) is 0 Å². The molecule has 0 fully saturated rings. The Morgan fingerprint density at radius 1 is 0.867 bits per heavy atom. The van der Waals surface area contributed by atoms with Gasteiger partial charge in [0.2, 0.25) is 6.29 Å². The highest BCUT2D eigenvalue weighted by molar-refractivity contribution is 4.62. The van der Waals surface area contributed by atoms with Gasteiger partial charge in [0.15, 0.2) is 0 Å². The van der Waals surface area contributed by atoms with Crippen LogP contribution >= 0.6 is 0 Å². The molecular formula is C7H16O8. The van der Waals surface area contributed by atoms with E-state index in [-0.39, 0.29) is 0 Å². The minimum absolute atomic E-state index is 1.14. The van der Waals surface area contributed by atoms with E-state index < -0.39 is 18.4 Å². The summed E-state index contributed by atoms with van der Waals surface area (Å²) in [4.78, 5) is 0. The standard InChI is InChI=1S/C7H16O8/c1-11-5(12-2)6(13-3,14-4)15-7(8,9)10/h5,8-10H,1-4H3. The van der Waals surface area contributed by atoms with Crippen LogP contribution in [0.15, 0.2) is 0 Å². The lowest BCUT2D eigenvalue weighted by Crippen LogP contribution is -2.56. The van der Waals surface area contributed by atoms with Crippen LogP contribution in [0.1, 0.15) is 0 Å². The number of hydrogen-bond donors (Lipinski definition) is 3. The number of methoxy groups -OCH3 is 4. The fourth-order valence-corrected chi connectivity index (χ4v) is 0.983. The van der Waals surface area contributed by atoms with Gasteiger partial charge in [-0.1, -0.05) is 0 Å². The Balaban J connectivity index is 4.85. The molecule has 0 aliphatic heterocycles. The second-order valence-corrected chi connectivity index (χ2v) is 2.49. The van der Waals surface area contributed by atoms with Crippen LogP contribution in [0.4, 0.5) is 0 Å². The van der Waals surface area contributed by atoms with Gasteiger partial charge in [0.25, 0.3) is 0 Å². The summed E-state index contributed by atoms with van der Waals surface area (Å²) in [6, 6.07) is 0. The molecule has 0 bridgehead atoms. The molecule has 0 amide bonds. The van der Waals surface area contributed by atoms with Crippen LogP contribution in [0.25, 0.3) is 0 Å². The Labute approximate surface area is 86.9 Å². The molecule has 0 aliphatic rings. The van der Waals surface area contributed by atoms with E-state index in [0.717, 1.165) is 14.2 Å². The molecule has 0 radical (unpaired) electrons. The van der Waals surface area contributed by atoms with Gasteiger partial charge in [-0.05, 0) is 0 Å². The summed E-state index contributed by atoms with van der Waals surface area (Å²) in [5, 5.41) is 26.0. The maximum atomic E-state index is 8.67. The minimum atomic E-state index is -3.44. The minimum Gasteiger partial charge on any atom is -0.349 e. The summed E-state index contributed by atoms with van der Waals surface area (Å²) in [6.07, 6.45) is -4.68. The number of rotatable bonds is 7. The predicted octanol–water partition coefficient (Wildman–Crippen LogP) is -1.84. The summed E-state index contributed by atoms with van der Waals surface area (Å²) in [6.45, 7) is 0. The average molecular weight is 228 g/mol. The third-order valence-electron chi connectivity index (χ3n) is 1.57. The number of aliphatic hydroxyl groups is 3. The summed E-state index contributed by atoms with van der Waals surface area (Å²) >= 11 is 0. The fourth-order valence-electron chi connectivity index (χ4n) is 0.983. The topological polar surface area (TPSA) is 107 Å². The van der Waals surface area contributed by atoms with Crippen molar-refractivity contribution in [1.82, 2.24) is 0 Å². The lowest BCUT2D eigenvalue weighted by molar-refractivity contribution is -0.568. The highest BCUT2D eigenvalue weighted by Crippen LogP contribution is 2.24.